The van der Waals surface area contributed by atoms with E-state index in [4.69, 9.17) is 9.47 Å². The molecule has 0 aromatic heterocycles. The zero-order valence-corrected chi connectivity index (χ0v) is 12.2. The average Bonchev–Trinajstić information content (AvgIpc) is 2.91. The van der Waals surface area contributed by atoms with Gasteiger partial charge in [-0.3, -0.25) is 0 Å². The summed E-state index contributed by atoms with van der Waals surface area (Å²) in [5.74, 6) is 0.955. The Balaban J connectivity index is 2.10. The van der Waals surface area contributed by atoms with Gasteiger partial charge in [-0.1, -0.05) is 19.1 Å². The minimum absolute atomic E-state index is 0.373. The zero-order valence-electron chi connectivity index (χ0n) is 12.2. The number of benzene rings is 1. The van der Waals surface area contributed by atoms with Crippen molar-refractivity contribution in [2.75, 3.05) is 20.3 Å². The molecule has 19 heavy (non-hydrogen) atoms. The highest BCUT2D eigenvalue weighted by molar-refractivity contribution is 5.37. The van der Waals surface area contributed by atoms with Crippen molar-refractivity contribution < 1.29 is 9.47 Å². The maximum atomic E-state index is 5.76. The minimum Gasteiger partial charge on any atom is -0.496 e. The van der Waals surface area contributed by atoms with Crippen LogP contribution in [0.15, 0.2) is 18.2 Å². The van der Waals surface area contributed by atoms with Crippen LogP contribution in [0, 0.1) is 6.92 Å². The molecule has 1 aliphatic heterocycles. The van der Waals surface area contributed by atoms with E-state index in [9.17, 15) is 0 Å². The summed E-state index contributed by atoms with van der Waals surface area (Å²) in [5, 5.41) is 3.57. The second kappa shape index (κ2) is 6.92. The van der Waals surface area contributed by atoms with Gasteiger partial charge in [0, 0.05) is 12.6 Å². The Morgan fingerprint density at radius 2 is 2.32 bits per heavy atom. The van der Waals surface area contributed by atoms with Crippen molar-refractivity contribution in [2.45, 2.75) is 45.3 Å². The van der Waals surface area contributed by atoms with Crippen molar-refractivity contribution >= 4 is 0 Å². The highest BCUT2D eigenvalue weighted by Crippen LogP contribution is 2.28. The number of ether oxygens (including phenoxy) is 2. The van der Waals surface area contributed by atoms with Gasteiger partial charge in [0.15, 0.2) is 0 Å². The molecule has 0 aliphatic carbocycles. The van der Waals surface area contributed by atoms with Crippen LogP contribution in [0.3, 0.4) is 0 Å². The quantitative estimate of drug-likeness (QED) is 0.855. The van der Waals surface area contributed by atoms with E-state index in [1.807, 2.05) is 0 Å². The predicted molar refractivity (Wildman–Crippen MR) is 77.7 cm³/mol. The van der Waals surface area contributed by atoms with Gasteiger partial charge in [0.2, 0.25) is 0 Å². The lowest BCUT2D eigenvalue weighted by molar-refractivity contribution is 0.0947. The number of hydrogen-bond acceptors (Lipinski definition) is 3. The van der Waals surface area contributed by atoms with Gasteiger partial charge in [-0.05, 0) is 49.9 Å². The zero-order chi connectivity index (χ0) is 13.7. The summed E-state index contributed by atoms with van der Waals surface area (Å²) in [6.07, 6.45) is 3.85. The van der Waals surface area contributed by atoms with Crippen LogP contribution < -0.4 is 10.1 Å². The van der Waals surface area contributed by atoms with E-state index >= 15 is 0 Å². The Morgan fingerprint density at radius 3 is 2.89 bits per heavy atom. The molecule has 3 heteroatoms. The third kappa shape index (κ3) is 3.71. The monoisotopic (exact) mass is 263 g/mol. The van der Waals surface area contributed by atoms with Crippen LogP contribution in [-0.4, -0.2) is 26.4 Å². The number of nitrogens with one attached hydrogen (secondary N) is 1. The third-order valence-electron chi connectivity index (χ3n) is 3.79. The molecule has 1 saturated heterocycles. The number of methoxy groups -OCH3 is 1. The molecule has 1 aromatic rings. The van der Waals surface area contributed by atoms with Crippen molar-refractivity contribution in [3.05, 3.63) is 29.3 Å². The number of rotatable bonds is 6. The van der Waals surface area contributed by atoms with Gasteiger partial charge in [0.05, 0.1) is 13.2 Å². The van der Waals surface area contributed by atoms with Crippen LogP contribution in [-0.2, 0) is 4.74 Å². The molecule has 2 unspecified atom stereocenters. The van der Waals surface area contributed by atoms with E-state index in [0.29, 0.717) is 12.1 Å². The van der Waals surface area contributed by atoms with Crippen LogP contribution in [0.1, 0.15) is 43.4 Å². The van der Waals surface area contributed by atoms with Gasteiger partial charge in [-0.2, -0.15) is 0 Å². The first-order valence-corrected chi connectivity index (χ1v) is 7.24. The molecule has 0 radical (unpaired) electrons. The molecular weight excluding hydrogens is 238 g/mol. The van der Waals surface area contributed by atoms with Gasteiger partial charge >= 0.3 is 0 Å². The summed E-state index contributed by atoms with van der Waals surface area (Å²) >= 11 is 0. The lowest BCUT2D eigenvalue weighted by atomic mass is 9.97. The first kappa shape index (κ1) is 14.4. The molecule has 1 heterocycles. The minimum atomic E-state index is 0.373. The molecular formula is C16H25NO2. The van der Waals surface area contributed by atoms with Gasteiger partial charge < -0.3 is 14.8 Å². The SMILES string of the molecule is CCNC(CC1CCCO1)c1ccc(OC)c(C)c1. The largest absolute Gasteiger partial charge is 0.496 e. The summed E-state index contributed by atoms with van der Waals surface area (Å²) in [6.45, 7) is 6.14. The summed E-state index contributed by atoms with van der Waals surface area (Å²) in [4.78, 5) is 0. The maximum absolute atomic E-state index is 5.76. The summed E-state index contributed by atoms with van der Waals surface area (Å²) in [6, 6.07) is 6.82. The number of aryl methyl sites for hydroxylation is 1. The first-order valence-electron chi connectivity index (χ1n) is 7.24. The molecule has 0 bridgehead atoms. The molecule has 1 aliphatic rings. The fourth-order valence-electron chi connectivity index (χ4n) is 2.80. The van der Waals surface area contributed by atoms with Gasteiger partial charge in [-0.15, -0.1) is 0 Å². The standard InChI is InChI=1S/C16H25NO2/c1-4-17-15(11-14-6-5-9-19-14)13-7-8-16(18-3)12(2)10-13/h7-8,10,14-15,17H,4-6,9,11H2,1-3H3. The maximum Gasteiger partial charge on any atom is 0.121 e. The van der Waals surface area contributed by atoms with Crippen LogP contribution >= 0.6 is 0 Å². The Hall–Kier alpha value is -1.06. The molecule has 1 fully saturated rings. The Morgan fingerprint density at radius 1 is 1.47 bits per heavy atom. The molecule has 106 valence electrons. The van der Waals surface area contributed by atoms with Gasteiger partial charge in [-0.25, -0.2) is 0 Å². The second-order valence-electron chi connectivity index (χ2n) is 5.21. The number of hydrogen-bond donors (Lipinski definition) is 1. The molecule has 2 rings (SSSR count). The third-order valence-corrected chi connectivity index (χ3v) is 3.79. The van der Waals surface area contributed by atoms with Crippen molar-refractivity contribution in [3.8, 4) is 5.75 Å². The molecule has 3 nitrogen and oxygen atoms in total. The van der Waals surface area contributed by atoms with Crippen molar-refractivity contribution in [2.24, 2.45) is 0 Å². The van der Waals surface area contributed by atoms with Crippen molar-refractivity contribution in [1.82, 2.24) is 5.32 Å². The van der Waals surface area contributed by atoms with E-state index in [2.05, 4.69) is 37.4 Å². The predicted octanol–water partition coefficient (Wildman–Crippen LogP) is 3.22. The fourth-order valence-corrected chi connectivity index (χ4v) is 2.80. The summed E-state index contributed by atoms with van der Waals surface area (Å²) in [7, 11) is 1.72. The lowest BCUT2D eigenvalue weighted by Crippen LogP contribution is -2.25. The van der Waals surface area contributed by atoms with Crippen LogP contribution in [0.5, 0.6) is 5.75 Å². The molecule has 2 atom stereocenters. The van der Waals surface area contributed by atoms with E-state index < -0.39 is 0 Å². The van der Waals surface area contributed by atoms with E-state index in [1.54, 1.807) is 7.11 Å². The van der Waals surface area contributed by atoms with E-state index in [0.717, 1.165) is 25.3 Å². The average molecular weight is 263 g/mol. The Kier molecular flexibility index (Phi) is 5.23. The molecule has 0 amide bonds. The fraction of sp³-hybridized carbons (Fsp3) is 0.625. The first-order chi connectivity index (χ1) is 9.24. The molecule has 1 aromatic carbocycles. The van der Waals surface area contributed by atoms with Crippen molar-refractivity contribution in [1.29, 1.82) is 0 Å². The Labute approximate surface area is 116 Å². The molecule has 0 spiro atoms. The second-order valence-corrected chi connectivity index (χ2v) is 5.21. The Bertz CT molecular complexity index is 400. The van der Waals surface area contributed by atoms with Crippen LogP contribution in [0.25, 0.3) is 0 Å². The van der Waals surface area contributed by atoms with Crippen molar-refractivity contribution in [3.63, 3.8) is 0 Å². The van der Waals surface area contributed by atoms with E-state index in [-0.39, 0.29) is 0 Å². The smallest absolute Gasteiger partial charge is 0.121 e. The molecule has 1 N–H and O–H groups in total. The van der Waals surface area contributed by atoms with Crippen LogP contribution in [0.4, 0.5) is 0 Å². The van der Waals surface area contributed by atoms with E-state index in [1.165, 1.54) is 24.0 Å². The van der Waals surface area contributed by atoms with Gasteiger partial charge in [0.25, 0.3) is 0 Å². The highest BCUT2D eigenvalue weighted by Gasteiger charge is 2.21. The lowest BCUT2D eigenvalue weighted by Gasteiger charge is -2.22. The normalized spacial score (nSPS) is 20.5. The molecule has 0 saturated carbocycles. The topological polar surface area (TPSA) is 30.5 Å². The van der Waals surface area contributed by atoms with Gasteiger partial charge in [0.1, 0.15) is 5.75 Å². The highest BCUT2D eigenvalue weighted by atomic mass is 16.5. The van der Waals surface area contributed by atoms with Crippen LogP contribution in [0.2, 0.25) is 0 Å². The summed E-state index contributed by atoms with van der Waals surface area (Å²) in [5.41, 5.74) is 2.52. The summed E-state index contributed by atoms with van der Waals surface area (Å²) < 4.78 is 11.1.